The van der Waals surface area contributed by atoms with Gasteiger partial charge in [-0.25, -0.2) is 0 Å². The number of anilines is 3. The summed E-state index contributed by atoms with van der Waals surface area (Å²) in [5.74, 6) is 0. The van der Waals surface area contributed by atoms with E-state index < -0.39 is 0 Å². The van der Waals surface area contributed by atoms with E-state index in [0.717, 1.165) is 50.1 Å². The zero-order chi connectivity index (χ0) is 31.5. The van der Waals surface area contributed by atoms with Gasteiger partial charge in [-0.1, -0.05) is 135 Å². The van der Waals surface area contributed by atoms with Crippen molar-refractivity contribution in [1.82, 2.24) is 0 Å². The highest BCUT2D eigenvalue weighted by atomic mass is 16.3. The molecule has 0 saturated carbocycles. The molecule has 0 fully saturated rings. The lowest BCUT2D eigenvalue weighted by Crippen LogP contribution is -2.15. The van der Waals surface area contributed by atoms with Crippen LogP contribution < -0.4 is 4.90 Å². The third kappa shape index (κ3) is 4.26. The third-order valence-corrected chi connectivity index (χ3v) is 9.89. The fraction of sp³-hybridized carbons (Fsp3) is 0.0667. The average molecular weight is 604 g/mol. The molecule has 0 radical (unpaired) electrons. The fourth-order valence-electron chi connectivity index (χ4n) is 7.67. The van der Waals surface area contributed by atoms with Gasteiger partial charge in [0.1, 0.15) is 11.2 Å². The van der Waals surface area contributed by atoms with Gasteiger partial charge < -0.3 is 9.32 Å². The van der Waals surface area contributed by atoms with Crippen molar-refractivity contribution in [3.05, 3.63) is 175 Å². The molecule has 1 heterocycles. The maximum atomic E-state index is 6.34. The van der Waals surface area contributed by atoms with Gasteiger partial charge in [-0.3, -0.25) is 0 Å². The molecular weight excluding hydrogens is 571 g/mol. The summed E-state index contributed by atoms with van der Waals surface area (Å²) in [4.78, 5) is 2.42. The van der Waals surface area contributed by atoms with Crippen LogP contribution in [0, 0.1) is 0 Å². The molecule has 0 spiro atoms. The number of rotatable bonds is 5. The fourth-order valence-corrected chi connectivity index (χ4v) is 7.67. The van der Waals surface area contributed by atoms with Crippen LogP contribution in [0.15, 0.2) is 168 Å². The summed E-state index contributed by atoms with van der Waals surface area (Å²) in [6.45, 7) is 4.69. The van der Waals surface area contributed by atoms with Crippen LogP contribution in [-0.4, -0.2) is 0 Å². The lowest BCUT2D eigenvalue weighted by atomic mass is 9.82. The third-order valence-electron chi connectivity index (χ3n) is 9.89. The molecule has 2 heteroatoms. The second kappa shape index (κ2) is 10.6. The molecule has 0 aliphatic heterocycles. The van der Waals surface area contributed by atoms with Gasteiger partial charge in [-0.05, 0) is 75.8 Å². The largest absolute Gasteiger partial charge is 0.456 e. The number of para-hydroxylation sites is 4. The van der Waals surface area contributed by atoms with E-state index in [9.17, 15) is 0 Å². The van der Waals surface area contributed by atoms with Crippen molar-refractivity contribution in [1.29, 1.82) is 0 Å². The van der Waals surface area contributed by atoms with E-state index in [4.69, 9.17) is 4.42 Å². The monoisotopic (exact) mass is 603 g/mol. The van der Waals surface area contributed by atoms with Crippen LogP contribution in [-0.2, 0) is 5.41 Å². The minimum absolute atomic E-state index is 0.0715. The quantitative estimate of drug-likeness (QED) is 0.195. The minimum Gasteiger partial charge on any atom is -0.456 e. The van der Waals surface area contributed by atoms with Crippen LogP contribution in [0.1, 0.15) is 25.0 Å². The standard InChI is InChI=1S/C45H33NO/c1-45(2)38-22-10-6-20-37(38)44-36(21-14-23-39(44)45)33-18-8-12-25-41(33)46(31-15-4-3-5-16-31)40-24-11-7-17-32(40)30-27-28-35-34-19-9-13-26-42(34)47-43(35)29-30/h3-29H,1-2H3. The summed E-state index contributed by atoms with van der Waals surface area (Å²) in [6.07, 6.45) is 0. The molecule has 0 unspecified atom stereocenters. The topological polar surface area (TPSA) is 16.4 Å². The highest BCUT2D eigenvalue weighted by Gasteiger charge is 2.37. The van der Waals surface area contributed by atoms with Gasteiger partial charge in [0.15, 0.2) is 0 Å². The summed E-state index contributed by atoms with van der Waals surface area (Å²) in [6, 6.07) is 58.9. The van der Waals surface area contributed by atoms with E-state index in [1.54, 1.807) is 0 Å². The Hall–Kier alpha value is -5.86. The Bertz CT molecular complexity index is 2450. The van der Waals surface area contributed by atoms with E-state index in [-0.39, 0.29) is 5.41 Å². The van der Waals surface area contributed by atoms with Crippen LogP contribution >= 0.6 is 0 Å². The molecule has 47 heavy (non-hydrogen) atoms. The first kappa shape index (κ1) is 27.5. The lowest BCUT2D eigenvalue weighted by Gasteiger charge is -2.30. The lowest BCUT2D eigenvalue weighted by molar-refractivity contribution is 0.660. The van der Waals surface area contributed by atoms with Crippen LogP contribution in [0.25, 0.3) is 55.3 Å². The Kier molecular flexibility index (Phi) is 6.20. The SMILES string of the molecule is CC1(C)c2ccccc2-c2c(-c3ccccc3N(c3ccccc3)c3ccccc3-c3ccc4c(c3)oc3ccccc34)cccc21. The second-order valence-electron chi connectivity index (χ2n) is 12.9. The predicted octanol–water partition coefficient (Wildman–Crippen LogP) is 12.7. The van der Waals surface area contributed by atoms with Crippen molar-refractivity contribution < 1.29 is 4.42 Å². The molecule has 1 aliphatic rings. The van der Waals surface area contributed by atoms with Crippen molar-refractivity contribution >= 4 is 39.0 Å². The molecule has 0 N–H and O–H groups in total. The number of hydrogen-bond acceptors (Lipinski definition) is 2. The smallest absolute Gasteiger partial charge is 0.136 e. The summed E-state index contributed by atoms with van der Waals surface area (Å²) < 4.78 is 6.34. The summed E-state index contributed by atoms with van der Waals surface area (Å²) in [7, 11) is 0. The van der Waals surface area contributed by atoms with Crippen molar-refractivity contribution in [2.75, 3.05) is 4.90 Å². The molecule has 7 aromatic carbocycles. The van der Waals surface area contributed by atoms with E-state index in [0.29, 0.717) is 0 Å². The summed E-state index contributed by atoms with van der Waals surface area (Å²) in [5, 5.41) is 2.27. The highest BCUT2D eigenvalue weighted by molar-refractivity contribution is 6.06. The first-order valence-corrected chi connectivity index (χ1v) is 16.3. The molecule has 1 aromatic heterocycles. The average Bonchev–Trinajstić information content (AvgIpc) is 3.61. The number of hydrogen-bond donors (Lipinski definition) is 0. The number of benzene rings is 7. The van der Waals surface area contributed by atoms with Gasteiger partial charge >= 0.3 is 0 Å². The predicted molar refractivity (Wildman–Crippen MR) is 197 cm³/mol. The van der Waals surface area contributed by atoms with Gasteiger partial charge in [0.2, 0.25) is 0 Å². The second-order valence-corrected chi connectivity index (χ2v) is 12.9. The molecule has 8 aromatic rings. The zero-order valence-corrected chi connectivity index (χ0v) is 26.4. The maximum absolute atomic E-state index is 6.34. The van der Waals surface area contributed by atoms with Gasteiger partial charge in [-0.15, -0.1) is 0 Å². The van der Waals surface area contributed by atoms with Crippen LogP contribution in [0.3, 0.4) is 0 Å². The Balaban J connectivity index is 1.27. The number of fused-ring (bicyclic) bond motifs is 6. The number of nitrogens with zero attached hydrogens (tertiary/aromatic N) is 1. The van der Waals surface area contributed by atoms with Gasteiger partial charge in [0.05, 0.1) is 11.4 Å². The Labute approximate surface area is 275 Å². The maximum Gasteiger partial charge on any atom is 0.136 e. The van der Waals surface area contributed by atoms with Crippen LogP contribution in [0.5, 0.6) is 0 Å². The molecule has 224 valence electrons. The summed E-state index contributed by atoms with van der Waals surface area (Å²) in [5.41, 5.74) is 15.2. The van der Waals surface area contributed by atoms with E-state index in [1.165, 1.54) is 33.4 Å². The normalized spacial score (nSPS) is 13.1. The molecular formula is C45H33NO. The highest BCUT2D eigenvalue weighted by Crippen LogP contribution is 2.54. The number of furan rings is 1. The van der Waals surface area contributed by atoms with Crippen molar-refractivity contribution in [2.24, 2.45) is 0 Å². The van der Waals surface area contributed by atoms with Crippen molar-refractivity contribution in [3.8, 4) is 33.4 Å². The Morgan fingerprint density at radius 3 is 1.87 bits per heavy atom. The van der Waals surface area contributed by atoms with Gasteiger partial charge in [0.25, 0.3) is 0 Å². The Morgan fingerprint density at radius 2 is 1.04 bits per heavy atom. The first-order chi connectivity index (χ1) is 23.1. The van der Waals surface area contributed by atoms with Crippen molar-refractivity contribution in [3.63, 3.8) is 0 Å². The molecule has 0 bridgehead atoms. The molecule has 1 aliphatic carbocycles. The van der Waals surface area contributed by atoms with E-state index in [2.05, 4.69) is 170 Å². The minimum atomic E-state index is -0.0715. The Morgan fingerprint density at radius 1 is 0.447 bits per heavy atom. The van der Waals surface area contributed by atoms with Crippen LogP contribution in [0.2, 0.25) is 0 Å². The van der Waals surface area contributed by atoms with Crippen molar-refractivity contribution in [2.45, 2.75) is 19.3 Å². The van der Waals surface area contributed by atoms with E-state index in [1.807, 2.05) is 12.1 Å². The zero-order valence-electron chi connectivity index (χ0n) is 26.4. The van der Waals surface area contributed by atoms with Gasteiger partial charge in [0, 0.05) is 33.0 Å². The first-order valence-electron chi connectivity index (χ1n) is 16.3. The summed E-state index contributed by atoms with van der Waals surface area (Å²) >= 11 is 0. The molecule has 9 rings (SSSR count). The molecule has 0 amide bonds. The van der Waals surface area contributed by atoms with Crippen LogP contribution in [0.4, 0.5) is 17.1 Å². The molecule has 0 atom stereocenters. The van der Waals surface area contributed by atoms with Gasteiger partial charge in [-0.2, -0.15) is 0 Å². The van der Waals surface area contributed by atoms with E-state index >= 15 is 0 Å². The molecule has 2 nitrogen and oxygen atoms in total. The molecule has 0 saturated heterocycles.